The van der Waals surface area contributed by atoms with E-state index in [0.717, 1.165) is 32.0 Å². The van der Waals surface area contributed by atoms with Crippen molar-refractivity contribution in [1.82, 2.24) is 19.3 Å². The van der Waals surface area contributed by atoms with Crippen LogP contribution in [0.2, 0.25) is 0 Å². The van der Waals surface area contributed by atoms with Gasteiger partial charge >= 0.3 is 0 Å². The Morgan fingerprint density at radius 1 is 1.23 bits per heavy atom. The van der Waals surface area contributed by atoms with Gasteiger partial charge in [0.2, 0.25) is 5.78 Å². The van der Waals surface area contributed by atoms with Gasteiger partial charge in [0.1, 0.15) is 23.6 Å². The number of hydrogen-bond acceptors (Lipinski definition) is 7. The van der Waals surface area contributed by atoms with Crippen LogP contribution in [-0.2, 0) is 0 Å². The lowest BCUT2D eigenvalue weighted by molar-refractivity contribution is 0.103. The van der Waals surface area contributed by atoms with Crippen molar-refractivity contribution >= 4 is 40.5 Å². The number of carbonyl (C=O) groups is 1. The van der Waals surface area contributed by atoms with E-state index in [1.807, 2.05) is 13.8 Å². The van der Waals surface area contributed by atoms with Gasteiger partial charge < -0.3 is 15.0 Å². The van der Waals surface area contributed by atoms with E-state index >= 15 is 4.39 Å². The van der Waals surface area contributed by atoms with E-state index in [2.05, 4.69) is 29.3 Å². The molecule has 0 amide bonds. The zero-order valence-corrected chi connectivity index (χ0v) is 17.4. The maximum absolute atomic E-state index is 15.1. The molecule has 3 heterocycles. The lowest BCUT2D eigenvalue weighted by Gasteiger charge is -2.16. The van der Waals surface area contributed by atoms with Crippen LogP contribution in [0.5, 0.6) is 0 Å². The van der Waals surface area contributed by atoms with Gasteiger partial charge in [-0.1, -0.05) is 0 Å². The number of aromatic amines is 1. The molecule has 0 bridgehead atoms. The Labute approximate surface area is 176 Å². The van der Waals surface area contributed by atoms with E-state index in [1.54, 1.807) is 0 Å². The molecule has 0 radical (unpaired) electrons. The van der Waals surface area contributed by atoms with E-state index in [4.69, 9.17) is 0 Å². The van der Waals surface area contributed by atoms with Crippen molar-refractivity contribution in [3.63, 3.8) is 0 Å². The average molecular weight is 433 g/mol. The standard InChI is InChI=1S/C20H22F2N6OS/c1-11(2)26-20-15-12(9-23-19(15)24-10-25-20)18(29)16-13(21)5-6-14(17(16)22)27-30-28-7-3-4-8-28/h5-6,9-11,27H,3-4,7-8H2,1-2H3,(H2,23,24,25,26). The highest BCUT2D eigenvalue weighted by Crippen LogP contribution is 2.31. The van der Waals surface area contributed by atoms with E-state index in [0.29, 0.717) is 16.9 Å². The van der Waals surface area contributed by atoms with E-state index in [9.17, 15) is 9.18 Å². The molecule has 30 heavy (non-hydrogen) atoms. The first-order valence-electron chi connectivity index (χ1n) is 9.75. The number of benzene rings is 1. The molecule has 2 aromatic heterocycles. The van der Waals surface area contributed by atoms with Crippen molar-refractivity contribution < 1.29 is 13.6 Å². The van der Waals surface area contributed by atoms with Crippen molar-refractivity contribution in [2.75, 3.05) is 23.1 Å². The molecule has 0 unspecified atom stereocenters. The minimum Gasteiger partial charge on any atom is -0.367 e. The molecule has 1 aliphatic rings. The first kappa shape index (κ1) is 20.5. The maximum atomic E-state index is 15.1. The maximum Gasteiger partial charge on any atom is 0.201 e. The molecule has 0 saturated carbocycles. The monoisotopic (exact) mass is 432 g/mol. The highest BCUT2D eigenvalue weighted by Gasteiger charge is 2.26. The molecule has 0 aliphatic carbocycles. The van der Waals surface area contributed by atoms with Gasteiger partial charge in [0, 0.05) is 37.5 Å². The van der Waals surface area contributed by atoms with Crippen LogP contribution in [0.15, 0.2) is 24.7 Å². The molecule has 10 heteroatoms. The van der Waals surface area contributed by atoms with Crippen LogP contribution in [0.3, 0.4) is 0 Å². The molecule has 1 aromatic carbocycles. The number of nitrogens with zero attached hydrogens (tertiary/aromatic N) is 3. The second-order valence-electron chi connectivity index (χ2n) is 7.39. The number of hydrogen-bond donors (Lipinski definition) is 3. The van der Waals surface area contributed by atoms with Gasteiger partial charge in [-0.15, -0.1) is 0 Å². The molecule has 3 N–H and O–H groups in total. The predicted molar refractivity (Wildman–Crippen MR) is 114 cm³/mol. The summed E-state index contributed by atoms with van der Waals surface area (Å²) in [6, 6.07) is 2.45. The summed E-state index contributed by atoms with van der Waals surface area (Å²) in [5, 5.41) is 3.54. The van der Waals surface area contributed by atoms with Crippen molar-refractivity contribution in [2.24, 2.45) is 0 Å². The Hall–Kier alpha value is -2.72. The zero-order chi connectivity index (χ0) is 21.3. The summed E-state index contributed by atoms with van der Waals surface area (Å²) in [7, 11) is 0. The number of aromatic nitrogens is 3. The second kappa shape index (κ2) is 8.57. The van der Waals surface area contributed by atoms with Gasteiger partial charge in [0.25, 0.3) is 0 Å². The third-order valence-electron chi connectivity index (χ3n) is 4.81. The number of anilines is 2. The first-order valence-corrected chi connectivity index (χ1v) is 10.5. The molecule has 1 fully saturated rings. The topological polar surface area (TPSA) is 85.9 Å². The van der Waals surface area contributed by atoms with Crippen LogP contribution < -0.4 is 10.0 Å². The molecule has 1 saturated heterocycles. The quantitative estimate of drug-likeness (QED) is 0.378. The summed E-state index contributed by atoms with van der Waals surface area (Å²) < 4.78 is 34.7. The Kier molecular flexibility index (Phi) is 5.87. The van der Waals surface area contributed by atoms with Crippen LogP contribution in [0, 0.1) is 11.6 Å². The third kappa shape index (κ3) is 3.97. The summed E-state index contributed by atoms with van der Waals surface area (Å²) in [4.78, 5) is 24.4. The van der Waals surface area contributed by atoms with Gasteiger partial charge in [0.15, 0.2) is 5.82 Å². The van der Waals surface area contributed by atoms with Crippen LogP contribution in [0.1, 0.15) is 42.6 Å². The van der Waals surface area contributed by atoms with E-state index in [1.165, 1.54) is 30.7 Å². The Morgan fingerprint density at radius 2 is 2.00 bits per heavy atom. The van der Waals surface area contributed by atoms with Crippen LogP contribution in [0.25, 0.3) is 11.0 Å². The van der Waals surface area contributed by atoms with Crippen LogP contribution >= 0.6 is 12.1 Å². The highest BCUT2D eigenvalue weighted by molar-refractivity contribution is 7.98. The van der Waals surface area contributed by atoms with E-state index < -0.39 is 23.0 Å². The van der Waals surface area contributed by atoms with Gasteiger partial charge in [-0.3, -0.25) is 4.79 Å². The smallest absolute Gasteiger partial charge is 0.201 e. The summed E-state index contributed by atoms with van der Waals surface area (Å²) in [6.07, 6.45) is 4.93. The summed E-state index contributed by atoms with van der Waals surface area (Å²) in [5.74, 6) is -2.18. The number of ketones is 1. The molecule has 3 aromatic rings. The highest BCUT2D eigenvalue weighted by atomic mass is 32.2. The number of halogens is 2. The predicted octanol–water partition coefficient (Wildman–Crippen LogP) is 4.36. The summed E-state index contributed by atoms with van der Waals surface area (Å²) in [6.45, 7) is 5.64. The van der Waals surface area contributed by atoms with Gasteiger partial charge in [-0.05, 0) is 38.8 Å². The molecule has 7 nitrogen and oxygen atoms in total. The number of H-pyrrole nitrogens is 1. The Balaban J connectivity index is 1.70. The van der Waals surface area contributed by atoms with E-state index in [-0.39, 0.29) is 17.3 Å². The lowest BCUT2D eigenvalue weighted by Crippen LogP contribution is -2.15. The number of nitrogens with one attached hydrogen (secondary N) is 3. The Bertz CT molecular complexity index is 1080. The number of fused-ring (bicyclic) bond motifs is 1. The molecule has 0 atom stereocenters. The number of rotatable bonds is 7. The van der Waals surface area contributed by atoms with Gasteiger partial charge in [0.05, 0.1) is 22.2 Å². The SMILES string of the molecule is CC(C)Nc1ncnc2[nH]cc(C(=O)c3c(F)ccc(NSN4CCCC4)c3F)c12. The molecular formula is C20H22F2N6OS. The van der Waals surface area contributed by atoms with Gasteiger partial charge in [-0.2, -0.15) is 0 Å². The molecule has 1 aliphatic heterocycles. The third-order valence-corrected chi connectivity index (χ3v) is 5.74. The molecule has 158 valence electrons. The average Bonchev–Trinajstić information content (AvgIpc) is 3.37. The van der Waals surface area contributed by atoms with Crippen molar-refractivity contribution in [3.8, 4) is 0 Å². The summed E-state index contributed by atoms with van der Waals surface area (Å²) in [5.41, 5.74) is -0.0253. The molecule has 4 rings (SSSR count). The van der Waals surface area contributed by atoms with Crippen molar-refractivity contribution in [3.05, 3.63) is 47.4 Å². The zero-order valence-electron chi connectivity index (χ0n) is 16.6. The molecular weight excluding hydrogens is 410 g/mol. The largest absolute Gasteiger partial charge is 0.367 e. The fourth-order valence-corrected chi connectivity index (χ4v) is 4.22. The fraction of sp³-hybridized carbons (Fsp3) is 0.350. The number of carbonyl (C=O) groups excluding carboxylic acids is 1. The fourth-order valence-electron chi connectivity index (χ4n) is 3.39. The lowest BCUT2D eigenvalue weighted by atomic mass is 10.0. The normalized spacial score (nSPS) is 14.6. The first-order chi connectivity index (χ1) is 14.5. The minimum absolute atomic E-state index is 0.0459. The summed E-state index contributed by atoms with van der Waals surface area (Å²) >= 11 is 1.26. The van der Waals surface area contributed by atoms with Crippen LogP contribution in [0.4, 0.5) is 20.3 Å². The minimum atomic E-state index is -0.920. The second-order valence-corrected chi connectivity index (χ2v) is 8.29. The van der Waals surface area contributed by atoms with Crippen molar-refractivity contribution in [1.29, 1.82) is 0 Å². The molecule has 0 spiro atoms. The Morgan fingerprint density at radius 3 is 2.73 bits per heavy atom. The van der Waals surface area contributed by atoms with Crippen LogP contribution in [-0.4, -0.2) is 44.2 Å². The van der Waals surface area contributed by atoms with Gasteiger partial charge in [-0.25, -0.2) is 23.1 Å². The van der Waals surface area contributed by atoms with Crippen molar-refractivity contribution in [2.45, 2.75) is 32.7 Å².